The van der Waals surface area contributed by atoms with Crippen molar-refractivity contribution in [3.63, 3.8) is 0 Å². The van der Waals surface area contributed by atoms with Gasteiger partial charge in [-0.25, -0.2) is 0 Å². The van der Waals surface area contributed by atoms with Crippen LogP contribution in [0, 0.1) is 0 Å². The Hall–Kier alpha value is -1.39. The molecule has 0 atom stereocenters. The van der Waals surface area contributed by atoms with Gasteiger partial charge < -0.3 is 4.74 Å². The van der Waals surface area contributed by atoms with E-state index < -0.39 is 0 Å². The van der Waals surface area contributed by atoms with Crippen LogP contribution in [0.2, 0.25) is 0 Å². The van der Waals surface area contributed by atoms with Gasteiger partial charge in [0.15, 0.2) is 0 Å². The van der Waals surface area contributed by atoms with Crippen LogP contribution in [0.3, 0.4) is 0 Å². The van der Waals surface area contributed by atoms with Gasteiger partial charge in [-0.05, 0) is 12.8 Å². The molecule has 5 nitrogen and oxygen atoms in total. The number of hydrogen-bond donors (Lipinski definition) is 0. The van der Waals surface area contributed by atoms with E-state index in [1.54, 1.807) is 4.68 Å². The van der Waals surface area contributed by atoms with Gasteiger partial charge in [0.25, 0.3) is 0 Å². The van der Waals surface area contributed by atoms with Crippen molar-refractivity contribution in [3.05, 3.63) is 11.9 Å². The molecule has 0 N–H and O–H groups in total. The van der Waals surface area contributed by atoms with E-state index in [2.05, 4.69) is 22.0 Å². The number of esters is 1. The first kappa shape index (κ1) is 11.7. The summed E-state index contributed by atoms with van der Waals surface area (Å²) in [6.45, 7) is 2.82. The van der Waals surface area contributed by atoms with Crippen molar-refractivity contribution in [2.45, 2.75) is 39.2 Å². The highest BCUT2D eigenvalue weighted by Crippen LogP contribution is 2.00. The van der Waals surface area contributed by atoms with E-state index >= 15 is 0 Å². The summed E-state index contributed by atoms with van der Waals surface area (Å²) in [5.74, 6) is -0.177. The topological polar surface area (TPSA) is 57.0 Å². The van der Waals surface area contributed by atoms with Crippen molar-refractivity contribution >= 4 is 5.97 Å². The average molecular weight is 211 g/mol. The zero-order valence-electron chi connectivity index (χ0n) is 9.27. The zero-order chi connectivity index (χ0) is 11.1. The average Bonchev–Trinajstić information content (AvgIpc) is 2.66. The van der Waals surface area contributed by atoms with Crippen LogP contribution in [0.15, 0.2) is 6.20 Å². The van der Waals surface area contributed by atoms with E-state index in [0.29, 0.717) is 13.0 Å². The molecule has 0 unspecified atom stereocenters. The molecule has 1 heterocycles. The lowest BCUT2D eigenvalue weighted by atomic mass is 10.3. The molecule has 1 aromatic heterocycles. The number of hydrogen-bond acceptors (Lipinski definition) is 4. The molecule has 0 saturated carbocycles. The van der Waals surface area contributed by atoms with Crippen LogP contribution in [-0.4, -0.2) is 28.1 Å². The molecule has 0 saturated heterocycles. The summed E-state index contributed by atoms with van der Waals surface area (Å²) in [5.41, 5.74) is 1.01. The van der Waals surface area contributed by atoms with Crippen molar-refractivity contribution in [3.8, 4) is 0 Å². The van der Waals surface area contributed by atoms with E-state index in [-0.39, 0.29) is 5.97 Å². The molecule has 0 aliphatic carbocycles. The lowest BCUT2D eigenvalue weighted by Gasteiger charge is -1.99. The normalized spacial score (nSPS) is 10.3. The quantitative estimate of drug-likeness (QED) is 0.663. The lowest BCUT2D eigenvalue weighted by molar-refractivity contribution is -0.140. The number of carbonyl (C=O) groups excluding carboxylic acids is 1. The van der Waals surface area contributed by atoms with Crippen molar-refractivity contribution in [1.82, 2.24) is 15.0 Å². The molecule has 0 aliphatic heterocycles. The third-order valence-corrected chi connectivity index (χ3v) is 2.09. The van der Waals surface area contributed by atoms with E-state index in [4.69, 9.17) is 0 Å². The van der Waals surface area contributed by atoms with Crippen molar-refractivity contribution in [2.24, 2.45) is 0 Å². The molecule has 0 bridgehead atoms. The molecule has 1 rings (SSSR count). The minimum absolute atomic E-state index is 0.177. The first-order valence-electron chi connectivity index (χ1n) is 5.22. The monoisotopic (exact) mass is 211 g/mol. The maximum Gasteiger partial charge on any atom is 0.305 e. The molecule has 0 amide bonds. The third kappa shape index (κ3) is 4.10. The SMILES string of the molecule is CCCc1cn(CCCC(=O)OC)nn1. The minimum Gasteiger partial charge on any atom is -0.469 e. The Kier molecular flexibility index (Phi) is 4.80. The zero-order valence-corrected chi connectivity index (χ0v) is 9.27. The van der Waals surface area contributed by atoms with Crippen LogP contribution >= 0.6 is 0 Å². The van der Waals surface area contributed by atoms with Crippen LogP contribution in [0.1, 0.15) is 31.9 Å². The Morgan fingerprint density at radius 1 is 1.60 bits per heavy atom. The van der Waals surface area contributed by atoms with Gasteiger partial charge in [-0.15, -0.1) is 5.10 Å². The largest absolute Gasteiger partial charge is 0.469 e. The third-order valence-electron chi connectivity index (χ3n) is 2.09. The standard InChI is InChI=1S/C10H17N3O2/c1-3-5-9-8-13(12-11-9)7-4-6-10(14)15-2/h8H,3-7H2,1-2H3. The number of carbonyl (C=O) groups is 1. The Morgan fingerprint density at radius 2 is 2.40 bits per heavy atom. The maximum absolute atomic E-state index is 10.8. The van der Waals surface area contributed by atoms with Crippen molar-refractivity contribution in [1.29, 1.82) is 0 Å². The van der Waals surface area contributed by atoms with Gasteiger partial charge in [0.2, 0.25) is 0 Å². The molecule has 84 valence electrons. The number of aromatic nitrogens is 3. The van der Waals surface area contributed by atoms with Gasteiger partial charge in [-0.2, -0.15) is 0 Å². The first-order chi connectivity index (χ1) is 7.26. The van der Waals surface area contributed by atoms with Gasteiger partial charge in [0, 0.05) is 19.2 Å². The molecular weight excluding hydrogens is 194 g/mol. The molecule has 15 heavy (non-hydrogen) atoms. The van der Waals surface area contributed by atoms with Crippen LogP contribution < -0.4 is 0 Å². The van der Waals surface area contributed by atoms with Crippen LogP contribution in [0.4, 0.5) is 0 Å². The van der Waals surface area contributed by atoms with Crippen molar-refractivity contribution in [2.75, 3.05) is 7.11 Å². The summed E-state index contributed by atoms with van der Waals surface area (Å²) in [4.78, 5) is 10.8. The predicted octanol–water partition coefficient (Wildman–Crippen LogP) is 1.18. The summed E-state index contributed by atoms with van der Waals surface area (Å²) in [5, 5.41) is 7.99. The van der Waals surface area contributed by atoms with Crippen LogP contribution in [0.25, 0.3) is 0 Å². The summed E-state index contributed by atoms with van der Waals surface area (Å²) < 4.78 is 6.32. The summed E-state index contributed by atoms with van der Waals surface area (Å²) in [6.07, 6.45) is 5.12. The summed E-state index contributed by atoms with van der Waals surface area (Å²) in [7, 11) is 1.40. The molecule has 0 spiro atoms. The maximum atomic E-state index is 10.8. The molecule has 5 heteroatoms. The van der Waals surface area contributed by atoms with E-state index in [1.807, 2.05) is 6.20 Å². The van der Waals surface area contributed by atoms with Gasteiger partial charge in [-0.3, -0.25) is 9.48 Å². The lowest BCUT2D eigenvalue weighted by Crippen LogP contribution is -2.04. The Morgan fingerprint density at radius 3 is 3.07 bits per heavy atom. The number of rotatable bonds is 6. The predicted molar refractivity (Wildman–Crippen MR) is 55.3 cm³/mol. The smallest absolute Gasteiger partial charge is 0.305 e. The highest BCUT2D eigenvalue weighted by Gasteiger charge is 2.02. The number of nitrogens with zero attached hydrogens (tertiary/aromatic N) is 3. The van der Waals surface area contributed by atoms with Crippen LogP contribution in [0.5, 0.6) is 0 Å². The van der Waals surface area contributed by atoms with E-state index in [1.165, 1.54) is 7.11 Å². The highest BCUT2D eigenvalue weighted by molar-refractivity contribution is 5.68. The first-order valence-corrected chi connectivity index (χ1v) is 5.22. The van der Waals surface area contributed by atoms with Gasteiger partial charge in [0.05, 0.1) is 12.8 Å². The van der Waals surface area contributed by atoms with E-state index in [0.717, 1.165) is 25.0 Å². The fraction of sp³-hybridized carbons (Fsp3) is 0.700. The summed E-state index contributed by atoms with van der Waals surface area (Å²) >= 11 is 0. The molecule has 0 radical (unpaired) electrons. The minimum atomic E-state index is -0.177. The van der Waals surface area contributed by atoms with E-state index in [9.17, 15) is 4.79 Å². The fourth-order valence-electron chi connectivity index (χ4n) is 1.31. The summed E-state index contributed by atoms with van der Waals surface area (Å²) in [6, 6.07) is 0. The Bertz CT molecular complexity index is 309. The van der Waals surface area contributed by atoms with Gasteiger partial charge >= 0.3 is 5.97 Å². The second-order valence-electron chi connectivity index (χ2n) is 3.40. The number of methoxy groups -OCH3 is 1. The molecular formula is C10H17N3O2. The second-order valence-corrected chi connectivity index (χ2v) is 3.40. The van der Waals surface area contributed by atoms with Crippen molar-refractivity contribution < 1.29 is 9.53 Å². The Balaban J connectivity index is 2.28. The molecule has 0 aromatic carbocycles. The Labute approximate surface area is 89.4 Å². The molecule has 1 aromatic rings. The number of aryl methyl sites for hydroxylation is 2. The van der Waals surface area contributed by atoms with Crippen LogP contribution in [-0.2, 0) is 22.5 Å². The molecule has 0 aliphatic rings. The molecule has 0 fully saturated rings. The second kappa shape index (κ2) is 6.16. The highest BCUT2D eigenvalue weighted by atomic mass is 16.5. The number of ether oxygens (including phenoxy) is 1. The van der Waals surface area contributed by atoms with Gasteiger partial charge in [-0.1, -0.05) is 18.6 Å². The van der Waals surface area contributed by atoms with Gasteiger partial charge in [0.1, 0.15) is 0 Å². The fourth-order valence-corrected chi connectivity index (χ4v) is 1.31.